The highest BCUT2D eigenvalue weighted by Crippen LogP contribution is 2.37. The lowest BCUT2D eigenvalue weighted by molar-refractivity contribution is -0.0328. The SMILES string of the molecule is NCC(O)c1cccc(SC(F)(F)F)c1. The monoisotopic (exact) mass is 237 g/mol. The van der Waals surface area contributed by atoms with Gasteiger partial charge in [-0.25, -0.2) is 0 Å². The lowest BCUT2D eigenvalue weighted by Gasteiger charge is -2.10. The number of thioether (sulfide) groups is 1. The number of aliphatic hydroxyl groups excluding tert-OH is 1. The van der Waals surface area contributed by atoms with Gasteiger partial charge in [0, 0.05) is 11.4 Å². The van der Waals surface area contributed by atoms with Gasteiger partial charge in [0.25, 0.3) is 0 Å². The number of rotatable bonds is 3. The summed E-state index contributed by atoms with van der Waals surface area (Å²) in [7, 11) is 0. The fourth-order valence-electron chi connectivity index (χ4n) is 1.06. The van der Waals surface area contributed by atoms with Crippen LogP contribution in [0, 0.1) is 0 Å². The summed E-state index contributed by atoms with van der Waals surface area (Å²) in [5, 5.41) is 9.34. The first kappa shape index (κ1) is 12.4. The van der Waals surface area contributed by atoms with Crippen molar-refractivity contribution >= 4 is 11.8 Å². The van der Waals surface area contributed by atoms with Crippen LogP contribution in [0.4, 0.5) is 13.2 Å². The van der Waals surface area contributed by atoms with Crippen LogP contribution in [0.5, 0.6) is 0 Å². The molecule has 0 aromatic heterocycles. The molecule has 3 N–H and O–H groups in total. The molecule has 0 saturated heterocycles. The Labute approximate surface area is 89.3 Å². The van der Waals surface area contributed by atoms with Gasteiger partial charge in [0.2, 0.25) is 0 Å². The Balaban J connectivity index is 2.83. The van der Waals surface area contributed by atoms with E-state index in [1.54, 1.807) is 0 Å². The quantitative estimate of drug-likeness (QED) is 0.793. The Bertz CT molecular complexity index is 329. The first-order chi connectivity index (χ1) is 6.92. The Morgan fingerprint density at radius 2 is 2.07 bits per heavy atom. The summed E-state index contributed by atoms with van der Waals surface area (Å²) in [6.45, 7) is -0.0138. The van der Waals surface area contributed by atoms with Crippen LogP contribution < -0.4 is 5.73 Å². The Morgan fingerprint density at radius 3 is 2.60 bits per heavy atom. The van der Waals surface area contributed by atoms with Crippen molar-refractivity contribution in [2.45, 2.75) is 16.5 Å². The average Bonchev–Trinajstić information content (AvgIpc) is 2.14. The third-order valence-corrected chi connectivity index (χ3v) is 2.42. The van der Waals surface area contributed by atoms with Crippen molar-refractivity contribution in [3.63, 3.8) is 0 Å². The smallest absolute Gasteiger partial charge is 0.387 e. The van der Waals surface area contributed by atoms with Gasteiger partial charge in [0.15, 0.2) is 0 Å². The van der Waals surface area contributed by atoms with Crippen molar-refractivity contribution in [1.82, 2.24) is 0 Å². The zero-order valence-electron chi connectivity index (χ0n) is 7.66. The third kappa shape index (κ3) is 4.11. The minimum atomic E-state index is -4.31. The van der Waals surface area contributed by atoms with Crippen LogP contribution in [-0.2, 0) is 0 Å². The molecule has 0 aliphatic carbocycles. The van der Waals surface area contributed by atoms with Crippen molar-refractivity contribution in [2.75, 3.05) is 6.54 Å². The van der Waals surface area contributed by atoms with Crippen molar-refractivity contribution in [1.29, 1.82) is 0 Å². The van der Waals surface area contributed by atoms with Crippen molar-refractivity contribution in [3.8, 4) is 0 Å². The molecule has 84 valence electrons. The van der Waals surface area contributed by atoms with Crippen molar-refractivity contribution < 1.29 is 18.3 Å². The number of aliphatic hydroxyl groups is 1. The fourth-order valence-corrected chi connectivity index (χ4v) is 1.66. The molecule has 1 atom stereocenters. The Hall–Kier alpha value is -0.720. The van der Waals surface area contributed by atoms with E-state index in [-0.39, 0.29) is 23.2 Å². The molecule has 0 fully saturated rings. The standard InChI is InChI=1S/C9H10F3NOS/c10-9(11,12)15-7-3-1-2-6(4-7)8(14)5-13/h1-4,8,14H,5,13H2. The molecule has 1 aromatic carbocycles. The number of hydrogen-bond donors (Lipinski definition) is 2. The number of nitrogens with two attached hydrogens (primary N) is 1. The van der Waals surface area contributed by atoms with Crippen molar-refractivity contribution in [2.24, 2.45) is 5.73 Å². The van der Waals surface area contributed by atoms with Gasteiger partial charge >= 0.3 is 5.51 Å². The Kier molecular flexibility index (Phi) is 4.01. The minimum Gasteiger partial charge on any atom is -0.387 e. The van der Waals surface area contributed by atoms with Gasteiger partial charge in [0.05, 0.1) is 6.10 Å². The molecule has 0 radical (unpaired) electrons. The molecule has 2 nitrogen and oxygen atoms in total. The van der Waals surface area contributed by atoms with E-state index in [1.165, 1.54) is 24.3 Å². The molecule has 0 saturated carbocycles. The number of halogens is 3. The first-order valence-corrected chi connectivity index (χ1v) is 4.98. The summed E-state index contributed by atoms with van der Waals surface area (Å²) in [6, 6.07) is 5.63. The molecule has 0 aliphatic heterocycles. The first-order valence-electron chi connectivity index (χ1n) is 4.16. The maximum atomic E-state index is 12.0. The van der Waals surface area contributed by atoms with Gasteiger partial charge in [-0.3, -0.25) is 0 Å². The van der Waals surface area contributed by atoms with Crippen LogP contribution >= 0.6 is 11.8 Å². The van der Waals surface area contributed by atoms with Gasteiger partial charge in [-0.15, -0.1) is 0 Å². The summed E-state index contributed by atoms with van der Waals surface area (Å²) in [6.07, 6.45) is -0.918. The van der Waals surface area contributed by atoms with Crippen molar-refractivity contribution in [3.05, 3.63) is 29.8 Å². The van der Waals surface area contributed by atoms with E-state index in [0.717, 1.165) is 0 Å². The van der Waals surface area contributed by atoms with E-state index in [1.807, 2.05) is 0 Å². The second kappa shape index (κ2) is 4.87. The molecule has 0 amide bonds. The molecule has 0 aliphatic rings. The highest BCUT2D eigenvalue weighted by molar-refractivity contribution is 8.00. The summed E-state index contributed by atoms with van der Waals surface area (Å²) in [5.41, 5.74) is 1.28. The van der Waals surface area contributed by atoms with E-state index >= 15 is 0 Å². The fraction of sp³-hybridized carbons (Fsp3) is 0.333. The lowest BCUT2D eigenvalue weighted by atomic mass is 10.1. The third-order valence-electron chi connectivity index (χ3n) is 1.70. The molecular weight excluding hydrogens is 227 g/mol. The molecule has 0 heterocycles. The predicted molar refractivity (Wildman–Crippen MR) is 52.4 cm³/mol. The zero-order valence-corrected chi connectivity index (χ0v) is 8.48. The average molecular weight is 237 g/mol. The Morgan fingerprint density at radius 1 is 1.40 bits per heavy atom. The topological polar surface area (TPSA) is 46.2 Å². The van der Waals surface area contributed by atoms with Crippen LogP contribution in [0.15, 0.2) is 29.2 Å². The summed E-state index contributed by atoms with van der Waals surface area (Å²) in [5.74, 6) is 0. The van der Waals surface area contributed by atoms with Gasteiger partial charge in [-0.2, -0.15) is 13.2 Å². The number of benzene rings is 1. The van der Waals surface area contributed by atoms with Gasteiger partial charge < -0.3 is 10.8 Å². The maximum Gasteiger partial charge on any atom is 0.446 e. The van der Waals surface area contributed by atoms with Crippen LogP contribution in [-0.4, -0.2) is 17.2 Å². The molecule has 1 unspecified atom stereocenters. The predicted octanol–water partition coefficient (Wildman–Crippen LogP) is 2.29. The van der Waals surface area contributed by atoms with E-state index in [9.17, 15) is 18.3 Å². The number of alkyl halides is 3. The van der Waals surface area contributed by atoms with E-state index in [0.29, 0.717) is 5.56 Å². The molecule has 1 aromatic rings. The summed E-state index contributed by atoms with van der Waals surface area (Å²) in [4.78, 5) is 0.0486. The molecule has 0 spiro atoms. The second-order valence-electron chi connectivity index (χ2n) is 2.87. The van der Waals surface area contributed by atoms with E-state index in [2.05, 4.69) is 0 Å². The summed E-state index contributed by atoms with van der Waals surface area (Å²) < 4.78 is 36.1. The van der Waals surface area contributed by atoms with Crippen LogP contribution in [0.3, 0.4) is 0 Å². The van der Waals surface area contributed by atoms with Gasteiger partial charge in [0.1, 0.15) is 0 Å². The molecule has 6 heteroatoms. The van der Waals surface area contributed by atoms with Crippen LogP contribution in [0.1, 0.15) is 11.7 Å². The van der Waals surface area contributed by atoms with E-state index in [4.69, 9.17) is 5.73 Å². The van der Waals surface area contributed by atoms with E-state index < -0.39 is 11.6 Å². The highest BCUT2D eigenvalue weighted by atomic mass is 32.2. The van der Waals surface area contributed by atoms with Crippen LogP contribution in [0.25, 0.3) is 0 Å². The minimum absolute atomic E-state index is 0.0138. The molecule has 0 bridgehead atoms. The normalized spacial score (nSPS) is 13.9. The second-order valence-corrected chi connectivity index (χ2v) is 4.01. The molecule has 1 rings (SSSR count). The lowest BCUT2D eigenvalue weighted by Crippen LogP contribution is -2.11. The summed E-state index contributed by atoms with van der Waals surface area (Å²) >= 11 is -0.209. The van der Waals surface area contributed by atoms with Crippen LogP contribution in [0.2, 0.25) is 0 Å². The largest absolute Gasteiger partial charge is 0.446 e. The van der Waals surface area contributed by atoms with Gasteiger partial charge in [-0.1, -0.05) is 12.1 Å². The zero-order chi connectivity index (χ0) is 11.5. The molecular formula is C9H10F3NOS. The maximum absolute atomic E-state index is 12.0. The molecule has 15 heavy (non-hydrogen) atoms. The number of hydrogen-bond acceptors (Lipinski definition) is 3. The van der Waals surface area contributed by atoms with Gasteiger partial charge in [-0.05, 0) is 29.5 Å². The highest BCUT2D eigenvalue weighted by Gasteiger charge is 2.29.